The minimum absolute atomic E-state index is 0.695. The van der Waals surface area contributed by atoms with Crippen molar-refractivity contribution >= 4 is 33.3 Å². The van der Waals surface area contributed by atoms with Crippen molar-refractivity contribution in [1.29, 1.82) is 0 Å². The fraction of sp³-hybridized carbons (Fsp3) is 0.375. The second-order valence-corrected chi connectivity index (χ2v) is 6.52. The van der Waals surface area contributed by atoms with Crippen molar-refractivity contribution in [3.05, 3.63) is 39.0 Å². The lowest BCUT2D eigenvalue weighted by Crippen LogP contribution is -2.08. The molecule has 0 spiro atoms. The molecule has 0 atom stereocenters. The second kappa shape index (κ2) is 6.32. The lowest BCUT2D eigenvalue weighted by atomic mass is 10.2. The number of nitrogens with zero attached hydrogens (tertiary/aromatic N) is 2. The number of halogens is 2. The van der Waals surface area contributed by atoms with Gasteiger partial charge < -0.3 is 5.32 Å². The van der Waals surface area contributed by atoms with Crippen LogP contribution in [-0.4, -0.2) is 16.5 Å². The molecule has 0 fully saturated rings. The van der Waals surface area contributed by atoms with Crippen LogP contribution in [0.1, 0.15) is 31.0 Å². The van der Waals surface area contributed by atoms with Gasteiger partial charge in [0.1, 0.15) is 5.82 Å². The van der Waals surface area contributed by atoms with Crippen molar-refractivity contribution in [3.63, 3.8) is 0 Å². The van der Waals surface area contributed by atoms with Crippen LogP contribution < -0.4 is 5.32 Å². The molecule has 1 heterocycles. The van der Waals surface area contributed by atoms with Gasteiger partial charge in [-0.3, -0.25) is 0 Å². The van der Waals surface area contributed by atoms with E-state index in [1.807, 2.05) is 18.2 Å². The highest BCUT2D eigenvalue weighted by Gasteiger charge is 2.20. The van der Waals surface area contributed by atoms with Gasteiger partial charge in [0.15, 0.2) is 5.82 Å². The molecule has 110 valence electrons. The van der Waals surface area contributed by atoms with Crippen LogP contribution in [0.25, 0.3) is 11.4 Å². The number of hydrogen-bond acceptors (Lipinski definition) is 3. The molecule has 0 saturated carbocycles. The van der Waals surface area contributed by atoms with Crippen molar-refractivity contribution in [2.45, 2.75) is 32.6 Å². The number of aromatic nitrogens is 2. The van der Waals surface area contributed by atoms with Crippen LogP contribution in [0.15, 0.2) is 22.7 Å². The van der Waals surface area contributed by atoms with Gasteiger partial charge >= 0.3 is 0 Å². The molecular formula is C16H17BrClN3. The molecule has 0 unspecified atom stereocenters. The Bertz CT molecular complexity index is 673. The van der Waals surface area contributed by atoms with E-state index in [4.69, 9.17) is 21.6 Å². The van der Waals surface area contributed by atoms with E-state index in [-0.39, 0.29) is 0 Å². The first kappa shape index (κ1) is 14.8. The molecule has 1 aliphatic carbocycles. The Morgan fingerprint density at radius 2 is 2.14 bits per heavy atom. The van der Waals surface area contributed by atoms with E-state index in [0.717, 1.165) is 53.9 Å². The molecule has 0 saturated heterocycles. The molecule has 1 aromatic carbocycles. The minimum atomic E-state index is 0.695. The Morgan fingerprint density at radius 3 is 2.95 bits per heavy atom. The number of hydrogen-bond donors (Lipinski definition) is 1. The number of nitrogens with one attached hydrogen (secondary N) is 1. The summed E-state index contributed by atoms with van der Waals surface area (Å²) >= 11 is 9.68. The lowest BCUT2D eigenvalue weighted by molar-refractivity contribution is 0.899. The lowest BCUT2D eigenvalue weighted by Gasteiger charge is -2.12. The molecule has 1 N–H and O–H groups in total. The van der Waals surface area contributed by atoms with Crippen molar-refractivity contribution in [2.75, 3.05) is 11.9 Å². The molecule has 2 aromatic rings. The average Bonchev–Trinajstić information content (AvgIpc) is 2.95. The van der Waals surface area contributed by atoms with Crippen LogP contribution in [0.2, 0.25) is 5.02 Å². The number of anilines is 1. The van der Waals surface area contributed by atoms with Gasteiger partial charge in [-0.15, -0.1) is 0 Å². The second-order valence-electron chi connectivity index (χ2n) is 5.23. The standard InChI is InChI=1S/C16H17BrClN3/c1-2-8-19-15-11-4-3-5-14(11)20-16(21-15)12-9-10(18)6-7-13(12)17/h6-7,9H,2-5,8H2,1H3,(H,19,20,21). The van der Waals surface area contributed by atoms with Gasteiger partial charge in [0.05, 0.1) is 0 Å². The molecule has 3 rings (SSSR count). The highest BCUT2D eigenvalue weighted by Crippen LogP contribution is 2.33. The van der Waals surface area contributed by atoms with Crippen LogP contribution in [0.4, 0.5) is 5.82 Å². The van der Waals surface area contributed by atoms with Crippen molar-refractivity contribution in [2.24, 2.45) is 0 Å². The Labute approximate surface area is 138 Å². The first-order chi connectivity index (χ1) is 10.2. The quantitative estimate of drug-likeness (QED) is 0.839. The molecule has 1 aromatic heterocycles. The third kappa shape index (κ3) is 3.06. The first-order valence-electron chi connectivity index (χ1n) is 7.28. The molecular weight excluding hydrogens is 350 g/mol. The summed E-state index contributed by atoms with van der Waals surface area (Å²) in [7, 11) is 0. The summed E-state index contributed by atoms with van der Waals surface area (Å²) in [4.78, 5) is 9.50. The molecule has 0 bridgehead atoms. The van der Waals surface area contributed by atoms with Crippen molar-refractivity contribution in [1.82, 2.24) is 9.97 Å². The Morgan fingerprint density at radius 1 is 1.29 bits per heavy atom. The Balaban J connectivity index is 2.08. The molecule has 5 heteroatoms. The average molecular weight is 367 g/mol. The maximum Gasteiger partial charge on any atom is 0.162 e. The van der Waals surface area contributed by atoms with E-state index in [1.54, 1.807) is 0 Å². The molecule has 0 radical (unpaired) electrons. The molecule has 3 nitrogen and oxygen atoms in total. The molecule has 21 heavy (non-hydrogen) atoms. The number of rotatable bonds is 4. The summed E-state index contributed by atoms with van der Waals surface area (Å²) in [5.41, 5.74) is 3.40. The predicted octanol–water partition coefficient (Wildman–Crippen LogP) is 4.87. The number of fused-ring (bicyclic) bond motifs is 1. The smallest absolute Gasteiger partial charge is 0.162 e. The number of aryl methyl sites for hydroxylation is 1. The zero-order valence-electron chi connectivity index (χ0n) is 11.9. The van der Waals surface area contributed by atoms with Gasteiger partial charge in [-0.25, -0.2) is 9.97 Å². The van der Waals surface area contributed by atoms with E-state index < -0.39 is 0 Å². The van der Waals surface area contributed by atoms with E-state index >= 15 is 0 Å². The Kier molecular flexibility index (Phi) is 4.45. The summed E-state index contributed by atoms with van der Waals surface area (Å²) in [6.45, 7) is 3.09. The SMILES string of the molecule is CCCNc1nc(-c2cc(Cl)ccc2Br)nc2c1CCC2. The zero-order chi connectivity index (χ0) is 14.8. The summed E-state index contributed by atoms with van der Waals surface area (Å²) in [5.74, 6) is 1.73. The van der Waals surface area contributed by atoms with Gasteiger partial charge in [-0.2, -0.15) is 0 Å². The van der Waals surface area contributed by atoms with Gasteiger partial charge in [0.2, 0.25) is 0 Å². The van der Waals surface area contributed by atoms with Crippen LogP contribution in [-0.2, 0) is 12.8 Å². The predicted molar refractivity (Wildman–Crippen MR) is 91.0 cm³/mol. The first-order valence-corrected chi connectivity index (χ1v) is 8.45. The van der Waals surface area contributed by atoms with E-state index in [1.165, 1.54) is 11.3 Å². The minimum Gasteiger partial charge on any atom is -0.370 e. The monoisotopic (exact) mass is 365 g/mol. The maximum absolute atomic E-state index is 6.12. The molecule has 0 amide bonds. The highest BCUT2D eigenvalue weighted by atomic mass is 79.9. The van der Waals surface area contributed by atoms with E-state index in [0.29, 0.717) is 5.02 Å². The summed E-state index contributed by atoms with van der Waals surface area (Å²) in [5, 5.41) is 4.13. The fourth-order valence-electron chi connectivity index (χ4n) is 2.61. The van der Waals surface area contributed by atoms with Gasteiger partial charge in [-0.05, 0) is 43.9 Å². The van der Waals surface area contributed by atoms with Crippen molar-refractivity contribution < 1.29 is 0 Å². The van der Waals surface area contributed by atoms with Crippen molar-refractivity contribution in [3.8, 4) is 11.4 Å². The topological polar surface area (TPSA) is 37.8 Å². The van der Waals surface area contributed by atoms with Crippen LogP contribution >= 0.6 is 27.5 Å². The summed E-state index contributed by atoms with van der Waals surface area (Å²) < 4.78 is 0.964. The van der Waals surface area contributed by atoms with Gasteiger partial charge in [-0.1, -0.05) is 34.5 Å². The van der Waals surface area contributed by atoms with Crippen LogP contribution in [0.5, 0.6) is 0 Å². The fourth-order valence-corrected chi connectivity index (χ4v) is 3.21. The number of benzene rings is 1. The normalized spacial score (nSPS) is 13.3. The van der Waals surface area contributed by atoms with E-state index in [9.17, 15) is 0 Å². The summed E-state index contributed by atoms with van der Waals surface area (Å²) in [6, 6.07) is 5.71. The van der Waals surface area contributed by atoms with Gasteiger partial charge in [0, 0.05) is 32.9 Å². The summed E-state index contributed by atoms with van der Waals surface area (Å²) in [6.07, 6.45) is 4.34. The molecule has 0 aliphatic heterocycles. The van der Waals surface area contributed by atoms with Gasteiger partial charge in [0.25, 0.3) is 0 Å². The third-order valence-corrected chi connectivity index (χ3v) is 4.57. The van der Waals surface area contributed by atoms with Crippen LogP contribution in [0, 0.1) is 0 Å². The van der Waals surface area contributed by atoms with E-state index in [2.05, 4.69) is 28.2 Å². The molecule has 1 aliphatic rings. The Hall–Kier alpha value is -1.13. The zero-order valence-corrected chi connectivity index (χ0v) is 14.3. The van der Waals surface area contributed by atoms with Crippen LogP contribution in [0.3, 0.4) is 0 Å². The highest BCUT2D eigenvalue weighted by molar-refractivity contribution is 9.10. The third-order valence-electron chi connectivity index (χ3n) is 3.64. The largest absolute Gasteiger partial charge is 0.370 e. The maximum atomic E-state index is 6.12.